The molecule has 3 nitrogen and oxygen atoms in total. The molecule has 18 heavy (non-hydrogen) atoms. The summed E-state index contributed by atoms with van der Waals surface area (Å²) >= 11 is 0. The fourth-order valence-electron chi connectivity index (χ4n) is 2.76. The number of hydrogen-bond donors (Lipinski definition) is 1. The van der Waals surface area contributed by atoms with Crippen LogP contribution in [0.5, 0.6) is 0 Å². The predicted octanol–water partition coefficient (Wildman–Crippen LogP) is 2.52. The number of nitrogens with zero attached hydrogens (tertiary/aromatic N) is 2. The molecule has 2 atom stereocenters. The van der Waals surface area contributed by atoms with Crippen LogP contribution in [-0.2, 0) is 0 Å². The fraction of sp³-hybridized carbons (Fsp3) is 0.643. The summed E-state index contributed by atoms with van der Waals surface area (Å²) in [7, 11) is 0. The molecule has 2 rings (SSSR count). The van der Waals surface area contributed by atoms with Crippen molar-refractivity contribution in [3.8, 4) is 0 Å². The minimum absolute atomic E-state index is 0.348. The predicted molar refractivity (Wildman–Crippen MR) is 68.7 cm³/mol. The average molecular weight is 252 g/mol. The van der Waals surface area contributed by atoms with Crippen molar-refractivity contribution in [2.45, 2.75) is 44.8 Å². The van der Waals surface area contributed by atoms with Gasteiger partial charge in [0, 0.05) is 17.3 Å². The summed E-state index contributed by atoms with van der Waals surface area (Å²) < 4.78 is 13.8. The van der Waals surface area contributed by atoms with Gasteiger partial charge in [-0.3, -0.25) is 9.88 Å². The zero-order valence-electron chi connectivity index (χ0n) is 11.1. The molecule has 1 aliphatic rings. The van der Waals surface area contributed by atoms with Crippen molar-refractivity contribution >= 4 is 0 Å². The second-order valence-corrected chi connectivity index (χ2v) is 5.20. The van der Waals surface area contributed by atoms with Crippen LogP contribution in [0.3, 0.4) is 0 Å². The third kappa shape index (κ3) is 2.27. The van der Waals surface area contributed by atoms with Gasteiger partial charge in [-0.05, 0) is 45.3 Å². The molecule has 0 radical (unpaired) electrons. The largest absolute Gasteiger partial charge is 0.386 e. The van der Waals surface area contributed by atoms with Crippen LogP contribution in [0, 0.1) is 5.82 Å². The minimum atomic E-state index is -0.816. The monoisotopic (exact) mass is 252 g/mol. The van der Waals surface area contributed by atoms with E-state index in [4.69, 9.17) is 0 Å². The highest BCUT2D eigenvalue weighted by Gasteiger charge is 2.40. The van der Waals surface area contributed by atoms with E-state index in [2.05, 4.69) is 9.88 Å². The molecule has 1 saturated heterocycles. The van der Waals surface area contributed by atoms with Gasteiger partial charge in [-0.1, -0.05) is 6.92 Å². The molecule has 0 aliphatic carbocycles. The molecule has 0 spiro atoms. The van der Waals surface area contributed by atoms with E-state index in [0.29, 0.717) is 5.56 Å². The smallest absolute Gasteiger partial charge is 0.147 e. The molecule has 0 aromatic carbocycles. The third-order valence-electron chi connectivity index (χ3n) is 4.23. The highest BCUT2D eigenvalue weighted by Crippen LogP contribution is 2.36. The first-order valence-electron chi connectivity index (χ1n) is 6.62. The Kier molecular flexibility index (Phi) is 3.97. The van der Waals surface area contributed by atoms with Crippen LogP contribution in [0.4, 0.5) is 4.39 Å². The number of aliphatic hydroxyl groups is 1. The summed E-state index contributed by atoms with van der Waals surface area (Å²) in [6.07, 6.45) is 4.97. The van der Waals surface area contributed by atoms with E-state index in [-0.39, 0.29) is 0 Å². The van der Waals surface area contributed by atoms with Crippen LogP contribution >= 0.6 is 0 Å². The summed E-state index contributed by atoms with van der Waals surface area (Å²) in [5.41, 5.74) is -0.0557. The number of hydrogen-bond acceptors (Lipinski definition) is 3. The van der Waals surface area contributed by atoms with Gasteiger partial charge in [0.25, 0.3) is 0 Å². The molecule has 0 saturated carbocycles. The summed E-state index contributed by atoms with van der Waals surface area (Å²) in [5, 5.41) is 10.6. The van der Waals surface area contributed by atoms with Gasteiger partial charge in [0.2, 0.25) is 0 Å². The van der Waals surface area contributed by atoms with Gasteiger partial charge in [0.1, 0.15) is 5.82 Å². The molecule has 100 valence electrons. The molecule has 1 N–H and O–H groups in total. The number of pyridine rings is 1. The number of likely N-dealkylation sites (tertiary alicyclic amines) is 1. The molecule has 2 heterocycles. The first-order chi connectivity index (χ1) is 8.59. The van der Waals surface area contributed by atoms with E-state index < -0.39 is 17.5 Å². The van der Waals surface area contributed by atoms with Crippen molar-refractivity contribution in [2.75, 3.05) is 13.1 Å². The Morgan fingerprint density at radius 1 is 1.50 bits per heavy atom. The van der Waals surface area contributed by atoms with E-state index in [0.717, 1.165) is 32.4 Å². The van der Waals surface area contributed by atoms with E-state index in [1.165, 1.54) is 12.4 Å². The molecule has 0 bridgehead atoms. The Morgan fingerprint density at radius 3 is 2.72 bits per heavy atom. The zero-order chi connectivity index (χ0) is 13.2. The maximum Gasteiger partial charge on any atom is 0.147 e. The molecule has 1 aromatic heterocycles. The summed E-state index contributed by atoms with van der Waals surface area (Å²) in [4.78, 5) is 6.01. The zero-order valence-corrected chi connectivity index (χ0v) is 11.1. The van der Waals surface area contributed by atoms with Crippen molar-refractivity contribution in [3.63, 3.8) is 0 Å². The number of rotatable bonds is 4. The van der Waals surface area contributed by atoms with Crippen molar-refractivity contribution in [1.82, 2.24) is 9.88 Å². The van der Waals surface area contributed by atoms with E-state index in [1.807, 2.05) is 13.8 Å². The molecule has 0 amide bonds. The summed E-state index contributed by atoms with van der Waals surface area (Å²) in [5.74, 6) is -0.427. The Hall–Kier alpha value is -1.00. The lowest BCUT2D eigenvalue weighted by atomic mass is 9.85. The molecule has 1 fully saturated rings. The number of halogens is 1. The Morgan fingerprint density at radius 2 is 2.17 bits per heavy atom. The van der Waals surface area contributed by atoms with Crippen molar-refractivity contribution in [2.24, 2.45) is 0 Å². The molecular weight excluding hydrogens is 231 g/mol. The standard InChI is InChI=1S/C14H21FN2O/c1-3-14(2,17-8-4-5-9-17)13(18)11-6-7-16-10-12(11)15/h6-7,10,13,18H,3-5,8-9H2,1-2H3. The highest BCUT2D eigenvalue weighted by atomic mass is 19.1. The lowest BCUT2D eigenvalue weighted by Gasteiger charge is -2.42. The maximum absolute atomic E-state index is 13.8. The fourth-order valence-corrected chi connectivity index (χ4v) is 2.76. The molecule has 2 unspecified atom stereocenters. The van der Waals surface area contributed by atoms with Crippen molar-refractivity contribution in [3.05, 3.63) is 29.8 Å². The molecular formula is C14H21FN2O. The molecule has 1 aliphatic heterocycles. The topological polar surface area (TPSA) is 36.4 Å². The van der Waals surface area contributed by atoms with Gasteiger partial charge in [0.05, 0.1) is 12.3 Å². The van der Waals surface area contributed by atoms with Gasteiger partial charge >= 0.3 is 0 Å². The third-order valence-corrected chi connectivity index (χ3v) is 4.23. The van der Waals surface area contributed by atoms with E-state index in [1.54, 1.807) is 6.07 Å². The molecule has 1 aromatic rings. The van der Waals surface area contributed by atoms with Gasteiger partial charge in [-0.2, -0.15) is 0 Å². The minimum Gasteiger partial charge on any atom is -0.386 e. The van der Waals surface area contributed by atoms with Gasteiger partial charge in [-0.15, -0.1) is 0 Å². The number of aromatic nitrogens is 1. The Bertz CT molecular complexity index is 407. The van der Waals surface area contributed by atoms with E-state index >= 15 is 0 Å². The average Bonchev–Trinajstić information content (AvgIpc) is 2.92. The van der Waals surface area contributed by atoms with Gasteiger partial charge < -0.3 is 5.11 Å². The van der Waals surface area contributed by atoms with Crippen LogP contribution < -0.4 is 0 Å². The lowest BCUT2D eigenvalue weighted by Crippen LogP contribution is -2.49. The normalized spacial score (nSPS) is 21.8. The quantitative estimate of drug-likeness (QED) is 0.894. The highest BCUT2D eigenvalue weighted by molar-refractivity contribution is 5.20. The summed E-state index contributed by atoms with van der Waals surface area (Å²) in [6.45, 7) is 6.02. The Labute approximate surface area is 108 Å². The van der Waals surface area contributed by atoms with Crippen LogP contribution in [0.25, 0.3) is 0 Å². The van der Waals surface area contributed by atoms with Crippen LogP contribution in [0.2, 0.25) is 0 Å². The van der Waals surface area contributed by atoms with E-state index in [9.17, 15) is 9.50 Å². The first-order valence-corrected chi connectivity index (χ1v) is 6.62. The van der Waals surface area contributed by atoms with Crippen LogP contribution in [0.1, 0.15) is 44.8 Å². The van der Waals surface area contributed by atoms with Crippen molar-refractivity contribution in [1.29, 1.82) is 0 Å². The SMILES string of the molecule is CCC(C)(C(O)c1ccncc1F)N1CCCC1. The van der Waals surface area contributed by atoms with Gasteiger partial charge in [0.15, 0.2) is 0 Å². The lowest BCUT2D eigenvalue weighted by molar-refractivity contribution is -0.0159. The van der Waals surface area contributed by atoms with Crippen LogP contribution in [-0.4, -0.2) is 33.6 Å². The van der Waals surface area contributed by atoms with Crippen molar-refractivity contribution < 1.29 is 9.50 Å². The second kappa shape index (κ2) is 5.33. The van der Waals surface area contributed by atoms with Gasteiger partial charge in [-0.25, -0.2) is 4.39 Å². The second-order valence-electron chi connectivity index (χ2n) is 5.20. The first kappa shape index (κ1) is 13.4. The molecule has 4 heteroatoms. The Balaban J connectivity index is 2.29. The number of aliphatic hydroxyl groups excluding tert-OH is 1. The maximum atomic E-state index is 13.8. The van der Waals surface area contributed by atoms with Crippen LogP contribution in [0.15, 0.2) is 18.5 Å². The summed E-state index contributed by atoms with van der Waals surface area (Å²) in [6, 6.07) is 1.57.